The summed E-state index contributed by atoms with van der Waals surface area (Å²) in [4.78, 5) is 21.2. The molecule has 7 nitrogen and oxygen atoms in total. The van der Waals surface area contributed by atoms with Crippen molar-refractivity contribution in [3.8, 4) is 0 Å². The molecule has 0 aliphatic carbocycles. The van der Waals surface area contributed by atoms with Crippen molar-refractivity contribution in [3.63, 3.8) is 0 Å². The quantitative estimate of drug-likeness (QED) is 0.555. The number of aromatic nitrogens is 3. The molecule has 5 rings (SSSR count). The highest BCUT2D eigenvalue weighted by atomic mass is 35.5. The van der Waals surface area contributed by atoms with Gasteiger partial charge in [-0.25, -0.2) is 15.0 Å². The van der Waals surface area contributed by atoms with Crippen LogP contribution >= 0.6 is 11.6 Å². The number of pyridine rings is 1. The lowest BCUT2D eigenvalue weighted by Gasteiger charge is -2.56. The van der Waals surface area contributed by atoms with Gasteiger partial charge in [-0.3, -0.25) is 9.80 Å². The van der Waals surface area contributed by atoms with Crippen LogP contribution in [0.2, 0.25) is 5.02 Å². The number of piperazine rings is 1. The molecule has 1 aromatic carbocycles. The average molecular weight is 479 g/mol. The molecular formula is C26H31ClN6O. The van der Waals surface area contributed by atoms with Crippen LogP contribution in [0.15, 0.2) is 61.2 Å². The highest BCUT2D eigenvalue weighted by Gasteiger charge is 2.51. The lowest BCUT2D eigenvalue weighted by molar-refractivity contribution is -0.102. The first-order chi connectivity index (χ1) is 16.6. The predicted octanol–water partition coefficient (Wildman–Crippen LogP) is 3.58. The molecule has 2 saturated heterocycles. The first-order valence-corrected chi connectivity index (χ1v) is 12.3. The Hall–Kier alpha value is -2.58. The Balaban J connectivity index is 1.63. The Morgan fingerprint density at radius 2 is 1.79 bits per heavy atom. The zero-order valence-corrected chi connectivity index (χ0v) is 20.5. The van der Waals surface area contributed by atoms with Crippen molar-refractivity contribution in [1.82, 2.24) is 24.8 Å². The molecule has 8 heteroatoms. The van der Waals surface area contributed by atoms with Crippen LogP contribution in [0, 0.1) is 6.92 Å². The molecule has 0 N–H and O–H groups in total. The third kappa shape index (κ3) is 4.07. The van der Waals surface area contributed by atoms with E-state index in [-0.39, 0.29) is 6.04 Å². The van der Waals surface area contributed by atoms with Crippen LogP contribution < -0.4 is 4.90 Å². The highest BCUT2D eigenvalue weighted by Crippen LogP contribution is 2.44. The molecule has 0 radical (unpaired) electrons. The van der Waals surface area contributed by atoms with E-state index in [9.17, 15) is 0 Å². The summed E-state index contributed by atoms with van der Waals surface area (Å²) in [6, 6.07) is 14.5. The lowest BCUT2D eigenvalue weighted by atomic mass is 9.88. The maximum absolute atomic E-state index is 6.94. The second-order valence-electron chi connectivity index (χ2n) is 8.98. The minimum absolute atomic E-state index is 0.212. The minimum Gasteiger partial charge on any atom is -0.379 e. The molecule has 0 spiro atoms. The summed E-state index contributed by atoms with van der Waals surface area (Å²) in [6.45, 7) is 9.92. The average Bonchev–Trinajstić information content (AvgIpc) is 2.88. The van der Waals surface area contributed by atoms with Gasteiger partial charge in [0.25, 0.3) is 0 Å². The third-order valence-corrected chi connectivity index (χ3v) is 7.31. The second kappa shape index (κ2) is 9.96. The number of rotatable bonds is 5. The van der Waals surface area contributed by atoms with Gasteiger partial charge in [-0.2, -0.15) is 0 Å². The Kier molecular flexibility index (Phi) is 6.79. The van der Waals surface area contributed by atoms with Crippen molar-refractivity contribution in [2.45, 2.75) is 25.6 Å². The van der Waals surface area contributed by atoms with Crippen molar-refractivity contribution in [1.29, 1.82) is 0 Å². The molecule has 2 fully saturated rings. The number of hydrogen-bond acceptors (Lipinski definition) is 7. The van der Waals surface area contributed by atoms with Crippen LogP contribution in [-0.4, -0.2) is 76.7 Å². The molecule has 2 atom stereocenters. The summed E-state index contributed by atoms with van der Waals surface area (Å²) in [6.07, 6.45) is 5.34. The molecule has 0 bridgehead atoms. The van der Waals surface area contributed by atoms with Gasteiger partial charge in [-0.15, -0.1) is 0 Å². The normalized spacial score (nSPS) is 21.9. The number of nitrogens with zero attached hydrogens (tertiary/aromatic N) is 6. The predicted molar refractivity (Wildman–Crippen MR) is 134 cm³/mol. The fourth-order valence-corrected chi connectivity index (χ4v) is 5.79. The number of halogens is 1. The van der Waals surface area contributed by atoms with E-state index >= 15 is 0 Å². The number of aryl methyl sites for hydroxylation is 1. The fraction of sp³-hybridized carbons (Fsp3) is 0.423. The van der Waals surface area contributed by atoms with Gasteiger partial charge >= 0.3 is 0 Å². The number of morpholine rings is 1. The SMILES string of the molecule is Cc1cccnc1N1CCN(C(c2ccncn2)(c2ccccc2Cl)N2CCOCC2)C(C)C1. The van der Waals surface area contributed by atoms with Gasteiger partial charge in [0.15, 0.2) is 0 Å². The highest BCUT2D eigenvalue weighted by molar-refractivity contribution is 6.31. The molecule has 4 heterocycles. The van der Waals surface area contributed by atoms with Crippen LogP contribution in [0.5, 0.6) is 0 Å². The van der Waals surface area contributed by atoms with Gasteiger partial charge in [0.05, 0.1) is 18.9 Å². The topological polar surface area (TPSA) is 57.6 Å². The summed E-state index contributed by atoms with van der Waals surface area (Å²) in [7, 11) is 0. The Morgan fingerprint density at radius 3 is 2.50 bits per heavy atom. The zero-order valence-electron chi connectivity index (χ0n) is 19.8. The van der Waals surface area contributed by atoms with Crippen molar-refractivity contribution in [2.24, 2.45) is 0 Å². The first-order valence-electron chi connectivity index (χ1n) is 11.9. The van der Waals surface area contributed by atoms with E-state index in [1.54, 1.807) is 6.33 Å². The minimum atomic E-state index is -0.629. The molecule has 2 unspecified atom stereocenters. The van der Waals surface area contributed by atoms with Crippen LogP contribution in [0.25, 0.3) is 0 Å². The summed E-state index contributed by atoms with van der Waals surface area (Å²) in [5, 5.41) is 0.739. The monoisotopic (exact) mass is 478 g/mol. The van der Waals surface area contributed by atoms with E-state index in [0.717, 1.165) is 54.8 Å². The molecule has 2 aromatic heterocycles. The first kappa shape index (κ1) is 23.2. The van der Waals surface area contributed by atoms with Gasteiger partial charge < -0.3 is 9.64 Å². The summed E-state index contributed by atoms with van der Waals surface area (Å²) < 4.78 is 5.76. The van der Waals surface area contributed by atoms with Gasteiger partial charge in [0, 0.05) is 61.7 Å². The number of hydrogen-bond donors (Lipinski definition) is 0. The number of ether oxygens (including phenoxy) is 1. The standard InChI is InChI=1S/C26H31ClN6O/c1-20-6-5-10-29-25(20)31-12-13-33(21(2)18-31)26(24-9-11-28-19-30-24,32-14-16-34-17-15-32)22-7-3-4-8-23(22)27/h3-11,19,21H,12-18H2,1-2H3. The van der Waals surface area contributed by atoms with Crippen molar-refractivity contribution in [2.75, 3.05) is 50.8 Å². The molecule has 2 aliphatic heterocycles. The summed E-state index contributed by atoms with van der Waals surface area (Å²) in [5.74, 6) is 1.06. The molecule has 0 saturated carbocycles. The van der Waals surface area contributed by atoms with E-state index in [1.165, 1.54) is 5.56 Å². The number of benzene rings is 1. The largest absolute Gasteiger partial charge is 0.379 e. The molecule has 2 aliphatic rings. The Labute approximate surface area is 206 Å². The maximum Gasteiger partial charge on any atom is 0.146 e. The smallest absolute Gasteiger partial charge is 0.146 e. The fourth-order valence-electron chi connectivity index (χ4n) is 5.52. The Bertz CT molecular complexity index is 1110. The summed E-state index contributed by atoms with van der Waals surface area (Å²) >= 11 is 6.94. The molecule has 178 valence electrons. The van der Waals surface area contributed by atoms with Gasteiger partial charge in [0.1, 0.15) is 17.8 Å². The molecule has 3 aromatic rings. The molecule has 0 amide bonds. The van der Waals surface area contributed by atoms with Crippen molar-refractivity contribution in [3.05, 3.63) is 83.0 Å². The van der Waals surface area contributed by atoms with Gasteiger partial charge in [-0.05, 0) is 37.6 Å². The lowest BCUT2D eigenvalue weighted by Crippen LogP contribution is -2.68. The Morgan fingerprint density at radius 1 is 0.971 bits per heavy atom. The third-order valence-electron chi connectivity index (χ3n) is 6.98. The van der Waals surface area contributed by atoms with Crippen LogP contribution in [0.4, 0.5) is 5.82 Å². The van der Waals surface area contributed by atoms with Crippen molar-refractivity contribution >= 4 is 17.4 Å². The number of anilines is 1. The second-order valence-corrected chi connectivity index (χ2v) is 9.39. The van der Waals surface area contributed by atoms with E-state index in [1.807, 2.05) is 36.7 Å². The van der Waals surface area contributed by atoms with Crippen LogP contribution in [0.3, 0.4) is 0 Å². The van der Waals surface area contributed by atoms with Gasteiger partial charge in [0.2, 0.25) is 0 Å². The van der Waals surface area contributed by atoms with Crippen molar-refractivity contribution < 1.29 is 4.74 Å². The van der Waals surface area contributed by atoms with Crippen LogP contribution in [0.1, 0.15) is 23.7 Å². The molecule has 34 heavy (non-hydrogen) atoms. The van der Waals surface area contributed by atoms with Crippen LogP contribution in [-0.2, 0) is 10.4 Å². The van der Waals surface area contributed by atoms with E-state index in [2.05, 4.69) is 56.7 Å². The van der Waals surface area contributed by atoms with E-state index in [0.29, 0.717) is 13.2 Å². The molecular weight excluding hydrogens is 448 g/mol. The van der Waals surface area contributed by atoms with E-state index in [4.69, 9.17) is 21.3 Å². The maximum atomic E-state index is 6.94. The van der Waals surface area contributed by atoms with E-state index < -0.39 is 5.66 Å². The van der Waals surface area contributed by atoms with Gasteiger partial charge in [-0.1, -0.05) is 35.9 Å². The summed E-state index contributed by atoms with van der Waals surface area (Å²) in [5.41, 5.74) is 2.55. The zero-order chi connectivity index (χ0) is 23.5.